The molecule has 0 radical (unpaired) electrons. The molecule has 0 bridgehead atoms. The zero-order valence-electron chi connectivity index (χ0n) is 12.9. The largest absolute Gasteiger partial charge is 0.370 e. The first-order valence-electron chi connectivity index (χ1n) is 7.51. The van der Waals surface area contributed by atoms with Crippen molar-refractivity contribution in [1.82, 2.24) is 15.0 Å². The Labute approximate surface area is 126 Å². The molecule has 5 heteroatoms. The molecule has 5 nitrogen and oxygen atoms in total. The zero-order valence-corrected chi connectivity index (χ0v) is 12.9. The number of rotatable bonds is 7. The van der Waals surface area contributed by atoms with Crippen LogP contribution in [0.1, 0.15) is 44.6 Å². The lowest BCUT2D eigenvalue weighted by molar-refractivity contribution is 0.852. The number of hydrogen-bond donors (Lipinski definition) is 2. The van der Waals surface area contributed by atoms with Crippen LogP contribution >= 0.6 is 0 Å². The molecule has 0 spiro atoms. The highest BCUT2D eigenvalue weighted by molar-refractivity contribution is 5.48. The third kappa shape index (κ3) is 4.41. The first kappa shape index (κ1) is 15.2. The van der Waals surface area contributed by atoms with Crippen LogP contribution in [0.5, 0.6) is 0 Å². The predicted octanol–water partition coefficient (Wildman–Crippen LogP) is 3.43. The average Bonchev–Trinajstić information content (AvgIpc) is 2.53. The van der Waals surface area contributed by atoms with Crippen LogP contribution in [0.3, 0.4) is 0 Å². The molecule has 0 saturated carbocycles. The van der Waals surface area contributed by atoms with Crippen LogP contribution in [0.2, 0.25) is 0 Å². The van der Waals surface area contributed by atoms with E-state index in [-0.39, 0.29) is 6.04 Å². The van der Waals surface area contributed by atoms with Gasteiger partial charge in [-0.05, 0) is 31.0 Å². The number of pyridine rings is 1. The molecule has 2 aromatic heterocycles. The van der Waals surface area contributed by atoms with Gasteiger partial charge in [0.05, 0.1) is 6.04 Å². The monoisotopic (exact) mass is 285 g/mol. The molecule has 0 amide bonds. The van der Waals surface area contributed by atoms with Gasteiger partial charge in [0, 0.05) is 31.4 Å². The molecule has 2 N–H and O–H groups in total. The van der Waals surface area contributed by atoms with Gasteiger partial charge in [0.25, 0.3) is 0 Å². The third-order valence-electron chi connectivity index (χ3n) is 3.22. The van der Waals surface area contributed by atoms with Crippen LogP contribution in [-0.4, -0.2) is 21.5 Å². The van der Waals surface area contributed by atoms with Gasteiger partial charge >= 0.3 is 0 Å². The highest BCUT2D eigenvalue weighted by Crippen LogP contribution is 2.19. The van der Waals surface area contributed by atoms with E-state index in [1.165, 1.54) is 5.56 Å². The van der Waals surface area contributed by atoms with Gasteiger partial charge < -0.3 is 10.6 Å². The Morgan fingerprint density at radius 2 is 1.81 bits per heavy atom. The molecule has 2 rings (SSSR count). The number of nitrogens with one attached hydrogen (secondary N) is 2. The Hall–Kier alpha value is -2.17. The third-order valence-corrected chi connectivity index (χ3v) is 3.22. The second-order valence-corrected chi connectivity index (χ2v) is 4.98. The second kappa shape index (κ2) is 7.57. The Kier molecular flexibility index (Phi) is 5.49. The van der Waals surface area contributed by atoms with Crippen molar-refractivity contribution in [3.8, 4) is 0 Å². The first-order chi connectivity index (χ1) is 10.2. The number of hydrogen-bond acceptors (Lipinski definition) is 5. The number of aryl methyl sites for hydroxylation is 1. The van der Waals surface area contributed by atoms with Crippen LogP contribution in [0.25, 0.3) is 0 Å². The molecule has 1 atom stereocenters. The smallest absolute Gasteiger partial charge is 0.132 e. The second-order valence-electron chi connectivity index (χ2n) is 4.98. The molecule has 0 aliphatic rings. The molecule has 1 unspecified atom stereocenters. The van der Waals surface area contributed by atoms with Gasteiger partial charge in [-0.2, -0.15) is 0 Å². The van der Waals surface area contributed by atoms with Crippen molar-refractivity contribution in [3.63, 3.8) is 0 Å². The van der Waals surface area contributed by atoms with Gasteiger partial charge in [-0.1, -0.05) is 13.8 Å². The minimum absolute atomic E-state index is 0.173. The highest BCUT2D eigenvalue weighted by Gasteiger charge is 2.08. The fraction of sp³-hybridized carbons (Fsp3) is 0.438. The van der Waals surface area contributed by atoms with Crippen LogP contribution in [0.15, 0.2) is 30.6 Å². The summed E-state index contributed by atoms with van der Waals surface area (Å²) >= 11 is 0. The van der Waals surface area contributed by atoms with Gasteiger partial charge in [-0.25, -0.2) is 9.97 Å². The lowest BCUT2D eigenvalue weighted by Crippen LogP contribution is -2.11. The van der Waals surface area contributed by atoms with Crippen LogP contribution in [-0.2, 0) is 6.42 Å². The van der Waals surface area contributed by atoms with Crippen molar-refractivity contribution < 1.29 is 0 Å². The SMILES string of the molecule is CCCNc1cc(NC(C)c2ccncc2)nc(CC)n1. The summed E-state index contributed by atoms with van der Waals surface area (Å²) in [6.07, 6.45) is 5.50. The normalized spacial score (nSPS) is 12.0. The fourth-order valence-electron chi connectivity index (χ4n) is 2.03. The van der Waals surface area contributed by atoms with E-state index in [0.29, 0.717) is 0 Å². The average molecular weight is 285 g/mol. The van der Waals surface area contributed by atoms with Crippen molar-refractivity contribution >= 4 is 11.6 Å². The summed E-state index contributed by atoms with van der Waals surface area (Å²) in [6, 6.07) is 6.16. The van der Waals surface area contributed by atoms with Crippen molar-refractivity contribution in [3.05, 3.63) is 42.0 Å². The maximum absolute atomic E-state index is 4.55. The Morgan fingerprint density at radius 1 is 1.10 bits per heavy atom. The Balaban J connectivity index is 2.14. The molecule has 112 valence electrons. The van der Waals surface area contributed by atoms with E-state index >= 15 is 0 Å². The predicted molar refractivity (Wildman–Crippen MR) is 86.5 cm³/mol. The lowest BCUT2D eigenvalue weighted by atomic mass is 10.1. The van der Waals surface area contributed by atoms with E-state index in [0.717, 1.165) is 36.8 Å². The molecule has 0 aliphatic carbocycles. The topological polar surface area (TPSA) is 62.7 Å². The van der Waals surface area contributed by atoms with Crippen molar-refractivity contribution in [2.75, 3.05) is 17.2 Å². The van der Waals surface area contributed by atoms with E-state index in [1.807, 2.05) is 18.2 Å². The van der Waals surface area contributed by atoms with Crippen LogP contribution in [0.4, 0.5) is 11.6 Å². The minimum atomic E-state index is 0.173. The maximum atomic E-state index is 4.55. The Morgan fingerprint density at radius 3 is 2.48 bits per heavy atom. The summed E-state index contributed by atoms with van der Waals surface area (Å²) in [5.74, 6) is 2.58. The minimum Gasteiger partial charge on any atom is -0.370 e. The quantitative estimate of drug-likeness (QED) is 0.816. The highest BCUT2D eigenvalue weighted by atomic mass is 15.1. The van der Waals surface area contributed by atoms with Gasteiger partial charge in [0.15, 0.2) is 0 Å². The molecular formula is C16H23N5. The lowest BCUT2D eigenvalue weighted by Gasteiger charge is -2.16. The number of nitrogens with zero attached hydrogens (tertiary/aromatic N) is 3. The molecule has 0 saturated heterocycles. The van der Waals surface area contributed by atoms with E-state index < -0.39 is 0 Å². The molecular weight excluding hydrogens is 262 g/mol. The molecule has 2 aromatic rings. The molecule has 21 heavy (non-hydrogen) atoms. The van der Waals surface area contributed by atoms with Gasteiger partial charge in [-0.15, -0.1) is 0 Å². The van der Waals surface area contributed by atoms with E-state index in [2.05, 4.69) is 46.4 Å². The van der Waals surface area contributed by atoms with Crippen LogP contribution in [0, 0.1) is 0 Å². The standard InChI is InChI=1S/C16H23N5/c1-4-8-18-15-11-16(21-14(5-2)20-15)19-12(3)13-6-9-17-10-7-13/h6-7,9-12H,4-5,8H2,1-3H3,(H2,18,19,20,21). The number of aromatic nitrogens is 3. The zero-order chi connectivity index (χ0) is 15.1. The molecule has 0 fully saturated rings. The first-order valence-corrected chi connectivity index (χ1v) is 7.51. The summed E-state index contributed by atoms with van der Waals surface area (Å²) in [7, 11) is 0. The fourth-order valence-corrected chi connectivity index (χ4v) is 2.03. The van der Waals surface area contributed by atoms with Crippen molar-refractivity contribution in [2.24, 2.45) is 0 Å². The number of anilines is 2. The van der Waals surface area contributed by atoms with Crippen LogP contribution < -0.4 is 10.6 Å². The summed E-state index contributed by atoms with van der Waals surface area (Å²) < 4.78 is 0. The maximum Gasteiger partial charge on any atom is 0.132 e. The van der Waals surface area contributed by atoms with Crippen molar-refractivity contribution in [2.45, 2.75) is 39.7 Å². The van der Waals surface area contributed by atoms with Gasteiger partial charge in [-0.3, -0.25) is 4.98 Å². The summed E-state index contributed by atoms with van der Waals surface area (Å²) in [4.78, 5) is 13.1. The van der Waals surface area contributed by atoms with E-state index in [9.17, 15) is 0 Å². The Bertz CT molecular complexity index is 556. The van der Waals surface area contributed by atoms with Crippen molar-refractivity contribution in [1.29, 1.82) is 0 Å². The molecule has 0 aliphatic heterocycles. The summed E-state index contributed by atoms with van der Waals surface area (Å²) in [6.45, 7) is 7.23. The van der Waals surface area contributed by atoms with Gasteiger partial charge in [0.1, 0.15) is 17.5 Å². The molecule has 2 heterocycles. The summed E-state index contributed by atoms with van der Waals surface area (Å²) in [5, 5.41) is 6.75. The van der Waals surface area contributed by atoms with E-state index in [1.54, 1.807) is 12.4 Å². The summed E-state index contributed by atoms with van der Waals surface area (Å²) in [5.41, 5.74) is 1.18. The molecule has 0 aromatic carbocycles. The van der Waals surface area contributed by atoms with E-state index in [4.69, 9.17) is 0 Å². The van der Waals surface area contributed by atoms with Gasteiger partial charge in [0.2, 0.25) is 0 Å².